The second-order valence-electron chi connectivity index (χ2n) is 8.82. The Morgan fingerprint density at radius 2 is 2.03 bits per heavy atom. The van der Waals surface area contributed by atoms with E-state index >= 15 is 0 Å². The number of nitrogens with two attached hydrogens (primary N) is 1. The van der Waals surface area contributed by atoms with E-state index in [1.54, 1.807) is 25.1 Å². The van der Waals surface area contributed by atoms with Crippen LogP contribution in [0.25, 0.3) is 10.9 Å². The van der Waals surface area contributed by atoms with Crippen LogP contribution in [0, 0.1) is 5.92 Å². The molecule has 1 aromatic carbocycles. The first-order chi connectivity index (χ1) is 15.4. The summed E-state index contributed by atoms with van der Waals surface area (Å²) in [5, 5.41) is 21.3. The number of aliphatic hydroxyl groups is 1. The molecule has 6 N–H and O–H groups in total. The molecule has 0 saturated heterocycles. The van der Waals surface area contributed by atoms with Crippen molar-refractivity contribution in [2.75, 3.05) is 18.5 Å². The molecule has 1 fully saturated rings. The highest BCUT2D eigenvalue weighted by Crippen LogP contribution is 2.25. The maximum absolute atomic E-state index is 12.8. The number of benzene rings is 1. The SMILES string of the molecule is CCC(NC1CCCCC1)C(CO)CNc1nc2ccc(Cl)cc2cc1C(=O)NC(C)N. The van der Waals surface area contributed by atoms with Crippen LogP contribution in [0.1, 0.15) is 62.7 Å². The van der Waals surface area contributed by atoms with Crippen molar-refractivity contribution in [2.24, 2.45) is 11.7 Å². The molecule has 32 heavy (non-hydrogen) atoms. The molecular formula is C24H36ClN5O2. The predicted molar refractivity (Wildman–Crippen MR) is 131 cm³/mol. The summed E-state index contributed by atoms with van der Waals surface area (Å²) in [5.41, 5.74) is 6.92. The first-order valence-electron chi connectivity index (χ1n) is 11.7. The van der Waals surface area contributed by atoms with E-state index in [4.69, 9.17) is 17.3 Å². The molecule has 1 amide bonds. The molecule has 1 saturated carbocycles. The molecule has 0 spiro atoms. The van der Waals surface area contributed by atoms with Crippen molar-refractivity contribution >= 4 is 34.2 Å². The van der Waals surface area contributed by atoms with Gasteiger partial charge in [0.2, 0.25) is 0 Å². The number of carbonyl (C=O) groups is 1. The van der Waals surface area contributed by atoms with Crippen LogP contribution in [0.3, 0.4) is 0 Å². The van der Waals surface area contributed by atoms with E-state index in [0.29, 0.717) is 29.0 Å². The molecular weight excluding hydrogens is 426 g/mol. The van der Waals surface area contributed by atoms with Crippen molar-refractivity contribution in [3.8, 4) is 0 Å². The van der Waals surface area contributed by atoms with E-state index in [2.05, 4.69) is 27.9 Å². The Morgan fingerprint density at radius 3 is 2.69 bits per heavy atom. The van der Waals surface area contributed by atoms with Crippen LogP contribution in [-0.2, 0) is 0 Å². The predicted octanol–water partition coefficient (Wildman–Crippen LogP) is 3.64. The number of nitrogens with one attached hydrogen (secondary N) is 3. The minimum atomic E-state index is -0.486. The molecule has 1 aliphatic carbocycles. The number of aromatic nitrogens is 1. The van der Waals surface area contributed by atoms with Crippen LogP contribution in [0.5, 0.6) is 0 Å². The highest BCUT2D eigenvalue weighted by molar-refractivity contribution is 6.31. The monoisotopic (exact) mass is 461 g/mol. The van der Waals surface area contributed by atoms with Gasteiger partial charge in [0.15, 0.2) is 0 Å². The van der Waals surface area contributed by atoms with E-state index in [0.717, 1.165) is 17.3 Å². The zero-order chi connectivity index (χ0) is 23.1. The molecule has 3 rings (SSSR count). The third kappa shape index (κ3) is 6.54. The number of hydrogen-bond acceptors (Lipinski definition) is 6. The van der Waals surface area contributed by atoms with E-state index < -0.39 is 6.17 Å². The summed E-state index contributed by atoms with van der Waals surface area (Å²) in [4.78, 5) is 17.5. The molecule has 1 aliphatic rings. The van der Waals surface area contributed by atoms with Crippen molar-refractivity contribution < 1.29 is 9.90 Å². The smallest absolute Gasteiger partial charge is 0.256 e. The maximum atomic E-state index is 12.8. The van der Waals surface area contributed by atoms with Crippen LogP contribution >= 0.6 is 11.6 Å². The van der Waals surface area contributed by atoms with Crippen LogP contribution < -0.4 is 21.7 Å². The van der Waals surface area contributed by atoms with Gasteiger partial charge >= 0.3 is 0 Å². The molecule has 0 aliphatic heterocycles. The first kappa shape index (κ1) is 24.7. The Balaban J connectivity index is 1.80. The zero-order valence-corrected chi connectivity index (χ0v) is 19.8. The summed E-state index contributed by atoms with van der Waals surface area (Å²) in [7, 11) is 0. The fourth-order valence-corrected chi connectivity index (χ4v) is 4.64. The average molecular weight is 462 g/mol. The molecule has 8 heteroatoms. The molecule has 3 atom stereocenters. The fraction of sp³-hybridized carbons (Fsp3) is 0.583. The quantitative estimate of drug-likeness (QED) is 0.345. The van der Waals surface area contributed by atoms with Crippen LogP contribution in [0.2, 0.25) is 5.02 Å². The lowest BCUT2D eigenvalue weighted by Crippen LogP contribution is -2.46. The van der Waals surface area contributed by atoms with Crippen molar-refractivity contribution in [3.05, 3.63) is 34.9 Å². The molecule has 176 valence electrons. The van der Waals surface area contributed by atoms with Gasteiger partial charge in [-0.2, -0.15) is 0 Å². The summed E-state index contributed by atoms with van der Waals surface area (Å²) >= 11 is 6.13. The summed E-state index contributed by atoms with van der Waals surface area (Å²) in [6, 6.07) is 7.88. The largest absolute Gasteiger partial charge is 0.396 e. The number of anilines is 1. The van der Waals surface area contributed by atoms with Crippen molar-refractivity contribution in [1.29, 1.82) is 0 Å². The standard InChI is InChI=1S/C24H36ClN5O2/c1-3-21(29-19-7-5-4-6-8-19)17(14-31)13-27-23-20(24(32)28-15(2)26)12-16-11-18(25)9-10-22(16)30-23/h9-12,15,17,19,21,29,31H,3-8,13-14,26H2,1-2H3,(H,27,30)(H,28,32). The van der Waals surface area contributed by atoms with Gasteiger partial charge < -0.3 is 26.8 Å². The van der Waals surface area contributed by atoms with Gasteiger partial charge in [-0.25, -0.2) is 4.98 Å². The summed E-state index contributed by atoms with van der Waals surface area (Å²) in [6.45, 7) is 4.40. The number of nitrogens with zero attached hydrogens (tertiary/aromatic N) is 1. The van der Waals surface area contributed by atoms with Gasteiger partial charge in [-0.1, -0.05) is 37.8 Å². The van der Waals surface area contributed by atoms with Crippen LogP contribution in [-0.4, -0.2) is 47.4 Å². The van der Waals surface area contributed by atoms with Gasteiger partial charge in [-0.05, 0) is 50.5 Å². The number of hydrogen-bond donors (Lipinski definition) is 5. The third-order valence-electron chi connectivity index (χ3n) is 6.21. The molecule has 0 bridgehead atoms. The molecule has 1 heterocycles. The van der Waals surface area contributed by atoms with Crippen LogP contribution in [0.15, 0.2) is 24.3 Å². The lowest BCUT2D eigenvalue weighted by atomic mass is 9.91. The van der Waals surface area contributed by atoms with Crippen molar-refractivity contribution in [2.45, 2.75) is 70.6 Å². The highest BCUT2D eigenvalue weighted by atomic mass is 35.5. The fourth-order valence-electron chi connectivity index (χ4n) is 4.46. The highest BCUT2D eigenvalue weighted by Gasteiger charge is 2.24. The molecule has 1 aromatic heterocycles. The van der Waals surface area contributed by atoms with Gasteiger partial charge in [-0.15, -0.1) is 0 Å². The van der Waals surface area contributed by atoms with E-state index in [1.807, 2.05) is 6.07 Å². The number of pyridine rings is 1. The summed E-state index contributed by atoms with van der Waals surface area (Å²) < 4.78 is 0. The van der Waals surface area contributed by atoms with Gasteiger partial charge in [0.25, 0.3) is 5.91 Å². The Kier molecular flexibility index (Phi) is 9.11. The second-order valence-corrected chi connectivity index (χ2v) is 9.26. The normalized spacial score (nSPS) is 17.7. The average Bonchev–Trinajstić information content (AvgIpc) is 2.78. The second kappa shape index (κ2) is 11.8. The summed E-state index contributed by atoms with van der Waals surface area (Å²) in [5.74, 6) is 0.169. The number of carbonyl (C=O) groups excluding carboxylic acids is 1. The Bertz CT molecular complexity index is 901. The first-order valence-corrected chi connectivity index (χ1v) is 12.1. The minimum absolute atomic E-state index is 0.00557. The van der Waals surface area contributed by atoms with E-state index in [9.17, 15) is 9.90 Å². The number of halogens is 1. The molecule has 7 nitrogen and oxygen atoms in total. The molecule has 0 radical (unpaired) electrons. The van der Waals surface area contributed by atoms with E-state index in [-0.39, 0.29) is 24.5 Å². The Labute approximate surface area is 195 Å². The van der Waals surface area contributed by atoms with E-state index in [1.165, 1.54) is 32.1 Å². The van der Waals surface area contributed by atoms with Crippen molar-refractivity contribution in [1.82, 2.24) is 15.6 Å². The number of fused-ring (bicyclic) bond motifs is 1. The van der Waals surface area contributed by atoms with Gasteiger partial charge in [-0.3, -0.25) is 4.79 Å². The zero-order valence-electron chi connectivity index (χ0n) is 19.0. The van der Waals surface area contributed by atoms with Gasteiger partial charge in [0, 0.05) is 41.6 Å². The molecule has 3 unspecified atom stereocenters. The lowest BCUT2D eigenvalue weighted by molar-refractivity contribution is 0.0942. The number of amides is 1. The Morgan fingerprint density at radius 1 is 1.28 bits per heavy atom. The van der Waals surface area contributed by atoms with Gasteiger partial charge in [0.05, 0.1) is 17.2 Å². The number of rotatable bonds is 10. The Hall–Kier alpha value is -1.93. The minimum Gasteiger partial charge on any atom is -0.396 e. The van der Waals surface area contributed by atoms with Crippen LogP contribution in [0.4, 0.5) is 5.82 Å². The van der Waals surface area contributed by atoms with Gasteiger partial charge in [0.1, 0.15) is 5.82 Å². The topological polar surface area (TPSA) is 112 Å². The molecule has 2 aromatic rings. The summed E-state index contributed by atoms with van der Waals surface area (Å²) in [6.07, 6.45) is 6.66. The lowest BCUT2D eigenvalue weighted by Gasteiger charge is -2.32. The maximum Gasteiger partial charge on any atom is 0.256 e. The third-order valence-corrected chi connectivity index (χ3v) is 6.45. The number of aliphatic hydroxyl groups excluding tert-OH is 1. The van der Waals surface area contributed by atoms with Crippen molar-refractivity contribution in [3.63, 3.8) is 0 Å².